The fourth-order valence-electron chi connectivity index (χ4n) is 1.69. The maximum Gasteiger partial charge on any atom is 0.145 e. The van der Waals surface area contributed by atoms with E-state index in [1.165, 1.54) is 0 Å². The summed E-state index contributed by atoms with van der Waals surface area (Å²) >= 11 is 1.64. The molecule has 0 aromatic carbocycles. The first kappa shape index (κ1) is 14.7. The lowest BCUT2D eigenvalue weighted by Gasteiger charge is -2.08. The Morgan fingerprint density at radius 2 is 2.20 bits per heavy atom. The van der Waals surface area contributed by atoms with Gasteiger partial charge in [0.05, 0.1) is 10.6 Å². The lowest BCUT2D eigenvalue weighted by Crippen LogP contribution is -2.14. The largest absolute Gasteiger partial charge is 0.395 e. The van der Waals surface area contributed by atoms with Gasteiger partial charge in [-0.05, 0) is 44.1 Å². The van der Waals surface area contributed by atoms with E-state index in [-0.39, 0.29) is 0 Å². The van der Waals surface area contributed by atoms with Crippen LogP contribution in [0.3, 0.4) is 0 Å². The SMILES string of the molecule is CN(C)CCCON=C(c1ccccn1)c1cccs1. The molecular formula is C15H19N3OS. The number of thiophene rings is 1. The van der Waals surface area contributed by atoms with Gasteiger partial charge in [-0.15, -0.1) is 11.3 Å². The summed E-state index contributed by atoms with van der Waals surface area (Å²) in [7, 11) is 4.10. The standard InChI is InChI=1S/C15H19N3OS/c1-18(2)10-6-11-19-17-15(14-8-5-12-20-14)13-7-3-4-9-16-13/h3-5,7-9,12H,6,10-11H2,1-2H3. The Labute approximate surface area is 123 Å². The zero-order valence-electron chi connectivity index (χ0n) is 11.8. The first-order chi connectivity index (χ1) is 9.77. The number of pyridine rings is 1. The Kier molecular flexibility index (Phi) is 5.70. The van der Waals surface area contributed by atoms with Crippen LogP contribution in [0.1, 0.15) is 17.0 Å². The average molecular weight is 289 g/mol. The van der Waals surface area contributed by atoms with Gasteiger partial charge in [-0.25, -0.2) is 0 Å². The molecule has 0 bridgehead atoms. The van der Waals surface area contributed by atoms with Gasteiger partial charge in [0.15, 0.2) is 0 Å². The second-order valence-corrected chi connectivity index (χ2v) is 5.57. The summed E-state index contributed by atoms with van der Waals surface area (Å²) in [6, 6.07) is 9.83. The summed E-state index contributed by atoms with van der Waals surface area (Å²) in [4.78, 5) is 13.0. The van der Waals surface area contributed by atoms with Crippen molar-refractivity contribution in [3.05, 3.63) is 52.5 Å². The van der Waals surface area contributed by atoms with Crippen LogP contribution in [0, 0.1) is 0 Å². The third kappa shape index (κ3) is 4.43. The van der Waals surface area contributed by atoms with E-state index >= 15 is 0 Å². The van der Waals surface area contributed by atoms with E-state index in [2.05, 4.69) is 15.0 Å². The molecule has 2 rings (SSSR count). The van der Waals surface area contributed by atoms with Gasteiger partial charge in [-0.1, -0.05) is 17.3 Å². The van der Waals surface area contributed by atoms with Crippen LogP contribution in [0.4, 0.5) is 0 Å². The van der Waals surface area contributed by atoms with Crippen molar-refractivity contribution in [2.45, 2.75) is 6.42 Å². The van der Waals surface area contributed by atoms with E-state index in [0.717, 1.165) is 29.2 Å². The summed E-state index contributed by atoms with van der Waals surface area (Å²) in [6.07, 6.45) is 2.72. The maximum absolute atomic E-state index is 5.45. The molecule has 0 amide bonds. The van der Waals surface area contributed by atoms with Gasteiger partial charge in [0, 0.05) is 12.7 Å². The molecule has 0 unspecified atom stereocenters. The third-order valence-corrected chi connectivity index (χ3v) is 3.54. The smallest absolute Gasteiger partial charge is 0.145 e. The molecule has 4 nitrogen and oxygen atoms in total. The van der Waals surface area contributed by atoms with Crippen LogP contribution in [0.25, 0.3) is 0 Å². The number of aromatic nitrogens is 1. The number of oxime groups is 1. The lowest BCUT2D eigenvalue weighted by atomic mass is 10.2. The molecule has 5 heteroatoms. The predicted molar refractivity (Wildman–Crippen MR) is 83.3 cm³/mol. The fourth-order valence-corrected chi connectivity index (χ4v) is 2.40. The Bertz CT molecular complexity index is 523. The van der Waals surface area contributed by atoms with Crippen molar-refractivity contribution in [2.75, 3.05) is 27.2 Å². The van der Waals surface area contributed by atoms with Crippen molar-refractivity contribution in [1.29, 1.82) is 0 Å². The molecule has 0 aliphatic carbocycles. The normalized spacial score (nSPS) is 11.8. The molecule has 106 valence electrons. The molecule has 0 aliphatic rings. The number of hydrogen-bond donors (Lipinski definition) is 0. The van der Waals surface area contributed by atoms with E-state index in [1.54, 1.807) is 17.5 Å². The second kappa shape index (κ2) is 7.77. The fraction of sp³-hybridized carbons (Fsp3) is 0.333. The Balaban J connectivity index is 2.04. The molecule has 0 saturated heterocycles. The zero-order valence-corrected chi connectivity index (χ0v) is 12.6. The maximum atomic E-state index is 5.45. The third-order valence-electron chi connectivity index (χ3n) is 2.66. The van der Waals surface area contributed by atoms with E-state index in [9.17, 15) is 0 Å². The van der Waals surface area contributed by atoms with Crippen LogP contribution in [0.2, 0.25) is 0 Å². The Hall–Kier alpha value is -1.72. The van der Waals surface area contributed by atoms with E-state index < -0.39 is 0 Å². The minimum atomic E-state index is 0.611. The van der Waals surface area contributed by atoms with Crippen LogP contribution < -0.4 is 0 Å². The molecule has 0 N–H and O–H groups in total. The Morgan fingerprint density at radius 1 is 1.30 bits per heavy atom. The van der Waals surface area contributed by atoms with Crippen LogP contribution in [0.5, 0.6) is 0 Å². The molecule has 0 aliphatic heterocycles. The first-order valence-electron chi connectivity index (χ1n) is 6.57. The molecule has 0 spiro atoms. The highest BCUT2D eigenvalue weighted by molar-refractivity contribution is 7.12. The number of rotatable bonds is 7. The highest BCUT2D eigenvalue weighted by Crippen LogP contribution is 2.15. The zero-order chi connectivity index (χ0) is 14.2. The molecule has 0 fully saturated rings. The van der Waals surface area contributed by atoms with Gasteiger partial charge >= 0.3 is 0 Å². The van der Waals surface area contributed by atoms with Gasteiger partial charge in [0.2, 0.25) is 0 Å². The highest BCUT2D eigenvalue weighted by Gasteiger charge is 2.10. The van der Waals surface area contributed by atoms with Gasteiger partial charge < -0.3 is 9.74 Å². The summed E-state index contributed by atoms with van der Waals surface area (Å²) in [5, 5.41) is 6.31. The van der Waals surface area contributed by atoms with Crippen molar-refractivity contribution in [3.8, 4) is 0 Å². The Morgan fingerprint density at radius 3 is 2.85 bits per heavy atom. The topological polar surface area (TPSA) is 37.7 Å². The van der Waals surface area contributed by atoms with E-state index in [4.69, 9.17) is 4.84 Å². The summed E-state index contributed by atoms with van der Waals surface area (Å²) in [5.74, 6) is 0. The monoisotopic (exact) mass is 289 g/mol. The van der Waals surface area contributed by atoms with Gasteiger partial charge in [0.25, 0.3) is 0 Å². The number of nitrogens with zero attached hydrogens (tertiary/aromatic N) is 3. The average Bonchev–Trinajstić information content (AvgIpc) is 2.97. The molecule has 2 aromatic heterocycles. The van der Waals surface area contributed by atoms with Crippen molar-refractivity contribution in [1.82, 2.24) is 9.88 Å². The van der Waals surface area contributed by atoms with E-state index in [1.807, 2.05) is 49.8 Å². The van der Waals surface area contributed by atoms with Gasteiger partial charge in [-0.3, -0.25) is 4.98 Å². The van der Waals surface area contributed by atoms with Crippen LogP contribution in [-0.2, 0) is 4.84 Å². The molecular weight excluding hydrogens is 270 g/mol. The quantitative estimate of drug-likeness (QED) is 0.447. The molecule has 2 heterocycles. The first-order valence-corrected chi connectivity index (χ1v) is 7.45. The van der Waals surface area contributed by atoms with Crippen molar-refractivity contribution >= 4 is 17.0 Å². The van der Waals surface area contributed by atoms with E-state index in [0.29, 0.717) is 6.61 Å². The van der Waals surface area contributed by atoms with Crippen molar-refractivity contribution in [2.24, 2.45) is 5.16 Å². The predicted octanol–water partition coefficient (Wildman–Crippen LogP) is 2.86. The van der Waals surface area contributed by atoms with Crippen molar-refractivity contribution < 1.29 is 4.84 Å². The molecule has 0 atom stereocenters. The summed E-state index contributed by atoms with van der Waals surface area (Å²) in [5.41, 5.74) is 1.63. The van der Waals surface area contributed by atoms with Crippen molar-refractivity contribution in [3.63, 3.8) is 0 Å². The summed E-state index contributed by atoms with van der Waals surface area (Å²) in [6.45, 7) is 1.60. The van der Waals surface area contributed by atoms with Gasteiger partial charge in [0.1, 0.15) is 12.3 Å². The van der Waals surface area contributed by atoms with Crippen LogP contribution >= 0.6 is 11.3 Å². The van der Waals surface area contributed by atoms with Gasteiger partial charge in [-0.2, -0.15) is 0 Å². The molecule has 0 saturated carbocycles. The minimum Gasteiger partial charge on any atom is -0.395 e. The van der Waals surface area contributed by atoms with Crippen LogP contribution in [0.15, 0.2) is 47.1 Å². The van der Waals surface area contributed by atoms with Crippen LogP contribution in [-0.4, -0.2) is 42.8 Å². The lowest BCUT2D eigenvalue weighted by molar-refractivity contribution is 0.135. The summed E-state index contributed by atoms with van der Waals surface area (Å²) < 4.78 is 0. The second-order valence-electron chi connectivity index (χ2n) is 4.62. The highest BCUT2D eigenvalue weighted by atomic mass is 32.1. The number of hydrogen-bond acceptors (Lipinski definition) is 5. The minimum absolute atomic E-state index is 0.611. The molecule has 20 heavy (non-hydrogen) atoms. The molecule has 0 radical (unpaired) electrons. The molecule has 2 aromatic rings.